The van der Waals surface area contributed by atoms with Crippen LogP contribution in [0.5, 0.6) is 0 Å². The molecule has 1 aromatic heterocycles. The Bertz CT molecular complexity index is 811. The van der Waals surface area contributed by atoms with Crippen molar-refractivity contribution in [2.75, 3.05) is 6.54 Å². The van der Waals surface area contributed by atoms with Gasteiger partial charge in [-0.2, -0.15) is 0 Å². The average Bonchev–Trinajstić information content (AvgIpc) is 2.99. The SMILES string of the molecule is CC1C[C@H](C)N1C(=O)C(/C=C1\CCc2c[nH]c3cccc1c23)CN. The Labute approximate surface area is 142 Å². The summed E-state index contributed by atoms with van der Waals surface area (Å²) in [4.78, 5) is 18.2. The summed E-state index contributed by atoms with van der Waals surface area (Å²) < 4.78 is 0. The summed E-state index contributed by atoms with van der Waals surface area (Å²) in [6, 6.07) is 7.03. The normalized spacial score (nSPS) is 25.8. The Hall–Kier alpha value is -2.07. The molecule has 1 aliphatic carbocycles. The van der Waals surface area contributed by atoms with Crippen molar-refractivity contribution in [3.8, 4) is 0 Å². The molecular formula is C20H25N3O. The second-order valence-corrected chi connectivity index (χ2v) is 7.26. The van der Waals surface area contributed by atoms with Gasteiger partial charge in [-0.05, 0) is 55.9 Å². The van der Waals surface area contributed by atoms with Crippen LogP contribution >= 0.6 is 0 Å². The van der Waals surface area contributed by atoms with Gasteiger partial charge in [0.2, 0.25) is 5.91 Å². The lowest BCUT2D eigenvalue weighted by atomic mass is 9.85. The lowest BCUT2D eigenvalue weighted by Crippen LogP contribution is -2.58. The van der Waals surface area contributed by atoms with E-state index in [2.05, 4.69) is 49.3 Å². The third kappa shape index (κ3) is 2.28. The first-order chi connectivity index (χ1) is 11.6. The van der Waals surface area contributed by atoms with Crippen molar-refractivity contribution in [2.45, 2.75) is 45.2 Å². The average molecular weight is 323 g/mol. The van der Waals surface area contributed by atoms with Crippen LogP contribution in [0.4, 0.5) is 0 Å². The molecule has 4 rings (SSSR count). The Kier molecular flexibility index (Phi) is 3.72. The predicted octanol–water partition coefficient (Wildman–Crippen LogP) is 3.08. The molecule has 0 saturated carbocycles. The van der Waals surface area contributed by atoms with Crippen LogP contribution in [-0.2, 0) is 11.2 Å². The van der Waals surface area contributed by atoms with Gasteiger partial charge in [0.25, 0.3) is 0 Å². The van der Waals surface area contributed by atoms with Gasteiger partial charge in [0.15, 0.2) is 0 Å². The van der Waals surface area contributed by atoms with Crippen LogP contribution < -0.4 is 5.73 Å². The number of aromatic amines is 1. The number of hydrogen-bond acceptors (Lipinski definition) is 2. The summed E-state index contributed by atoms with van der Waals surface area (Å²) in [5.41, 5.74) is 11.0. The van der Waals surface area contributed by atoms with E-state index in [1.54, 1.807) is 0 Å². The summed E-state index contributed by atoms with van der Waals surface area (Å²) in [7, 11) is 0. The fraction of sp³-hybridized carbons (Fsp3) is 0.450. The monoisotopic (exact) mass is 323 g/mol. The number of likely N-dealkylation sites (tertiary alicyclic amines) is 1. The van der Waals surface area contributed by atoms with Crippen LogP contribution in [0.1, 0.15) is 37.8 Å². The van der Waals surface area contributed by atoms with E-state index in [9.17, 15) is 4.79 Å². The molecule has 3 atom stereocenters. The van der Waals surface area contributed by atoms with E-state index in [4.69, 9.17) is 5.73 Å². The molecule has 2 heterocycles. The van der Waals surface area contributed by atoms with Gasteiger partial charge in [-0.3, -0.25) is 4.79 Å². The van der Waals surface area contributed by atoms with E-state index < -0.39 is 0 Å². The zero-order valence-corrected chi connectivity index (χ0v) is 14.4. The van der Waals surface area contributed by atoms with E-state index in [1.807, 2.05) is 4.90 Å². The third-order valence-electron chi connectivity index (χ3n) is 5.66. The molecule has 2 aromatic rings. The maximum atomic E-state index is 12.9. The van der Waals surface area contributed by atoms with Crippen molar-refractivity contribution in [1.29, 1.82) is 0 Å². The van der Waals surface area contributed by atoms with Crippen LogP contribution in [0, 0.1) is 5.92 Å². The molecule has 0 bridgehead atoms. The molecule has 0 spiro atoms. The van der Waals surface area contributed by atoms with Gasteiger partial charge < -0.3 is 15.6 Å². The molecule has 1 fully saturated rings. The van der Waals surface area contributed by atoms with Crippen molar-refractivity contribution in [3.05, 3.63) is 41.6 Å². The minimum atomic E-state index is -0.221. The first-order valence-corrected chi connectivity index (χ1v) is 8.92. The van der Waals surface area contributed by atoms with Gasteiger partial charge in [0, 0.05) is 35.7 Å². The van der Waals surface area contributed by atoms with Crippen molar-refractivity contribution < 1.29 is 4.79 Å². The molecule has 1 saturated heterocycles. The molecule has 2 aliphatic rings. The molecular weight excluding hydrogens is 298 g/mol. The van der Waals surface area contributed by atoms with Crippen molar-refractivity contribution >= 4 is 22.4 Å². The number of aryl methyl sites for hydroxylation is 1. The van der Waals surface area contributed by atoms with Crippen LogP contribution in [0.25, 0.3) is 16.5 Å². The second kappa shape index (κ2) is 5.78. The highest BCUT2D eigenvalue weighted by atomic mass is 16.2. The number of amides is 1. The van der Waals surface area contributed by atoms with Gasteiger partial charge in [-0.15, -0.1) is 0 Å². The number of rotatable bonds is 3. The Morgan fingerprint density at radius 3 is 2.88 bits per heavy atom. The molecule has 0 radical (unpaired) electrons. The number of nitrogens with two attached hydrogens (primary N) is 1. The highest BCUT2D eigenvalue weighted by Crippen LogP contribution is 2.37. The summed E-state index contributed by atoms with van der Waals surface area (Å²) in [6.45, 7) is 4.60. The summed E-state index contributed by atoms with van der Waals surface area (Å²) in [5, 5.41) is 1.31. The molecule has 4 nitrogen and oxygen atoms in total. The van der Waals surface area contributed by atoms with E-state index in [0.717, 1.165) is 19.3 Å². The predicted molar refractivity (Wildman–Crippen MR) is 97.5 cm³/mol. The van der Waals surface area contributed by atoms with Gasteiger partial charge in [0.05, 0.1) is 5.92 Å². The summed E-state index contributed by atoms with van der Waals surface area (Å²) in [5.74, 6) is -0.0377. The Morgan fingerprint density at radius 2 is 2.17 bits per heavy atom. The molecule has 3 N–H and O–H groups in total. The maximum absolute atomic E-state index is 12.9. The number of nitrogens with one attached hydrogen (secondary N) is 1. The third-order valence-corrected chi connectivity index (χ3v) is 5.66. The molecule has 2 unspecified atom stereocenters. The van der Waals surface area contributed by atoms with Crippen LogP contribution in [0.2, 0.25) is 0 Å². The minimum Gasteiger partial charge on any atom is -0.361 e. The largest absolute Gasteiger partial charge is 0.361 e. The number of nitrogens with zero attached hydrogens (tertiary/aromatic N) is 1. The molecule has 126 valence electrons. The maximum Gasteiger partial charge on any atom is 0.231 e. The van der Waals surface area contributed by atoms with Gasteiger partial charge in [-0.25, -0.2) is 0 Å². The van der Waals surface area contributed by atoms with E-state index >= 15 is 0 Å². The standard InChI is InChI=1S/C20H25N3O/c1-12-8-13(2)23(12)20(24)16(10-21)9-14-6-7-15-11-22-18-5-3-4-17(14)19(15)18/h3-5,9,11-13,16,22H,6-8,10,21H2,1-2H3/b14-9+/t12-,13?,16?/m0/s1. The molecule has 1 aliphatic heterocycles. The molecule has 1 aromatic carbocycles. The molecule has 4 heteroatoms. The Balaban J connectivity index is 1.69. The quantitative estimate of drug-likeness (QED) is 0.912. The number of H-pyrrole nitrogens is 1. The van der Waals surface area contributed by atoms with Gasteiger partial charge in [0.1, 0.15) is 0 Å². The van der Waals surface area contributed by atoms with E-state index in [-0.39, 0.29) is 11.8 Å². The molecule has 1 amide bonds. The van der Waals surface area contributed by atoms with Crippen LogP contribution in [-0.4, -0.2) is 34.4 Å². The van der Waals surface area contributed by atoms with E-state index in [0.29, 0.717) is 18.6 Å². The van der Waals surface area contributed by atoms with Crippen molar-refractivity contribution in [1.82, 2.24) is 9.88 Å². The number of hydrogen-bond donors (Lipinski definition) is 2. The second-order valence-electron chi connectivity index (χ2n) is 7.26. The van der Waals surface area contributed by atoms with E-state index in [1.165, 1.54) is 27.6 Å². The lowest BCUT2D eigenvalue weighted by Gasteiger charge is -2.46. The number of allylic oxidation sites excluding steroid dienone is 1. The lowest BCUT2D eigenvalue weighted by molar-refractivity contribution is -0.145. The fourth-order valence-electron chi connectivity index (χ4n) is 4.42. The summed E-state index contributed by atoms with van der Waals surface area (Å²) >= 11 is 0. The van der Waals surface area contributed by atoms with Crippen LogP contribution in [0.3, 0.4) is 0 Å². The van der Waals surface area contributed by atoms with Gasteiger partial charge >= 0.3 is 0 Å². The zero-order chi connectivity index (χ0) is 16.8. The van der Waals surface area contributed by atoms with Crippen LogP contribution in [0.15, 0.2) is 30.5 Å². The first-order valence-electron chi connectivity index (χ1n) is 8.92. The number of carbonyl (C=O) groups is 1. The fourth-order valence-corrected chi connectivity index (χ4v) is 4.42. The topological polar surface area (TPSA) is 62.1 Å². The highest BCUT2D eigenvalue weighted by molar-refractivity contribution is 5.97. The smallest absolute Gasteiger partial charge is 0.231 e. The number of carbonyl (C=O) groups excluding carboxylic acids is 1. The summed E-state index contributed by atoms with van der Waals surface area (Å²) in [6.07, 6.45) is 7.32. The van der Waals surface area contributed by atoms with Crippen molar-refractivity contribution in [3.63, 3.8) is 0 Å². The number of benzene rings is 1. The van der Waals surface area contributed by atoms with Gasteiger partial charge in [-0.1, -0.05) is 18.2 Å². The minimum absolute atomic E-state index is 0.184. The highest BCUT2D eigenvalue weighted by Gasteiger charge is 2.38. The van der Waals surface area contributed by atoms with Crippen molar-refractivity contribution in [2.24, 2.45) is 11.7 Å². The molecule has 24 heavy (non-hydrogen) atoms. The number of aromatic nitrogens is 1. The first kappa shape index (κ1) is 15.5. The zero-order valence-electron chi connectivity index (χ0n) is 14.4. The Morgan fingerprint density at radius 1 is 1.38 bits per heavy atom.